The Hall–Kier alpha value is -7.83. The Morgan fingerprint density at radius 1 is 0.441 bits per heavy atom. The van der Waals surface area contributed by atoms with Crippen molar-refractivity contribution in [3.8, 4) is 28.5 Å². The highest BCUT2D eigenvalue weighted by molar-refractivity contribution is 6.15. The van der Waals surface area contributed by atoms with E-state index in [1.807, 2.05) is 36.4 Å². The van der Waals surface area contributed by atoms with Crippen molar-refractivity contribution in [2.75, 3.05) is 0 Å². The van der Waals surface area contributed by atoms with E-state index in [2.05, 4.69) is 140 Å². The van der Waals surface area contributed by atoms with Crippen LogP contribution in [-0.4, -0.2) is 21.1 Å². The standard InChI is InChI=1S/C53H31N3O3/c1-2-11-31-24-34(21-20-30(31)10-1)51-54-52(35-22-23-45-40(26-35)38-14-5-7-17-43(38)57-45)56-53(55-51)42-27-36(29-48-50(42)39-15-6-8-18-44(39)58-48)37-16-9-19-46-49(37)41-25-32-12-3-4-13-33(32)28-47(41)59-46/h1-29,48,50H. The summed E-state index contributed by atoms with van der Waals surface area (Å²) in [5, 5.41) is 8.80. The van der Waals surface area contributed by atoms with E-state index in [-0.39, 0.29) is 12.0 Å². The molecule has 3 aromatic heterocycles. The molecule has 13 rings (SSSR count). The van der Waals surface area contributed by atoms with E-state index in [0.29, 0.717) is 17.5 Å². The lowest BCUT2D eigenvalue weighted by Gasteiger charge is -2.25. The smallest absolute Gasteiger partial charge is 0.164 e. The Morgan fingerprint density at radius 2 is 1.10 bits per heavy atom. The fraction of sp³-hybridized carbons (Fsp3) is 0.0377. The molecule has 0 saturated heterocycles. The van der Waals surface area contributed by atoms with E-state index in [4.69, 9.17) is 28.5 Å². The van der Waals surface area contributed by atoms with Gasteiger partial charge < -0.3 is 13.6 Å². The summed E-state index contributed by atoms with van der Waals surface area (Å²) in [7, 11) is 0. The van der Waals surface area contributed by atoms with Crippen LogP contribution in [0.5, 0.6) is 5.75 Å². The number of ether oxygens (including phenoxy) is 1. The van der Waals surface area contributed by atoms with Crippen LogP contribution in [0.3, 0.4) is 0 Å². The predicted octanol–water partition coefficient (Wildman–Crippen LogP) is 13.3. The number of hydrogen-bond acceptors (Lipinski definition) is 6. The number of aromatic nitrogens is 3. The lowest BCUT2D eigenvalue weighted by Crippen LogP contribution is -2.22. The zero-order chi connectivity index (χ0) is 38.6. The van der Waals surface area contributed by atoms with Crippen LogP contribution >= 0.6 is 0 Å². The highest BCUT2D eigenvalue weighted by atomic mass is 16.5. The maximum atomic E-state index is 6.79. The first-order valence-electron chi connectivity index (χ1n) is 19.9. The number of furan rings is 2. The maximum absolute atomic E-state index is 6.79. The van der Waals surface area contributed by atoms with E-state index in [0.717, 1.165) is 99.2 Å². The van der Waals surface area contributed by atoms with Crippen molar-refractivity contribution in [3.05, 3.63) is 193 Å². The van der Waals surface area contributed by atoms with E-state index in [9.17, 15) is 0 Å². The Balaban J connectivity index is 1.05. The number of para-hydroxylation sites is 2. The number of benzene rings is 8. The van der Waals surface area contributed by atoms with Gasteiger partial charge in [-0.3, -0.25) is 0 Å². The molecule has 11 aromatic rings. The quantitative estimate of drug-likeness (QED) is 0.178. The first kappa shape index (κ1) is 32.3. The van der Waals surface area contributed by atoms with E-state index in [1.165, 1.54) is 5.39 Å². The maximum Gasteiger partial charge on any atom is 0.164 e. The summed E-state index contributed by atoms with van der Waals surface area (Å²) in [6, 6.07) is 56.5. The van der Waals surface area contributed by atoms with Gasteiger partial charge in [0.15, 0.2) is 17.5 Å². The van der Waals surface area contributed by atoms with Gasteiger partial charge in [-0.2, -0.15) is 0 Å². The second-order valence-electron chi connectivity index (χ2n) is 15.5. The largest absolute Gasteiger partial charge is 0.485 e. The molecule has 0 N–H and O–H groups in total. The minimum absolute atomic E-state index is 0.140. The zero-order valence-electron chi connectivity index (χ0n) is 31.5. The van der Waals surface area contributed by atoms with Gasteiger partial charge in [0.25, 0.3) is 0 Å². The van der Waals surface area contributed by atoms with Crippen molar-refractivity contribution in [1.82, 2.24) is 15.0 Å². The molecule has 1 aliphatic heterocycles. The molecule has 2 atom stereocenters. The number of rotatable bonds is 4. The second-order valence-corrected chi connectivity index (χ2v) is 15.5. The molecule has 0 radical (unpaired) electrons. The number of nitrogens with zero attached hydrogens (tertiary/aromatic N) is 3. The molecule has 276 valence electrons. The summed E-state index contributed by atoms with van der Waals surface area (Å²) in [6.45, 7) is 0. The van der Waals surface area contributed by atoms with Crippen molar-refractivity contribution < 1.29 is 13.6 Å². The van der Waals surface area contributed by atoms with Crippen LogP contribution in [0.4, 0.5) is 0 Å². The second kappa shape index (κ2) is 12.3. The van der Waals surface area contributed by atoms with Crippen LogP contribution in [0.2, 0.25) is 0 Å². The van der Waals surface area contributed by atoms with Crippen LogP contribution in [-0.2, 0) is 0 Å². The Kier molecular flexibility index (Phi) is 6.75. The van der Waals surface area contributed by atoms with Crippen LogP contribution in [0.25, 0.3) is 99.3 Å². The summed E-state index contributed by atoms with van der Waals surface area (Å²) in [5.41, 5.74) is 9.32. The van der Waals surface area contributed by atoms with Crippen LogP contribution < -0.4 is 4.74 Å². The van der Waals surface area contributed by atoms with Crippen LogP contribution in [0.15, 0.2) is 185 Å². The summed E-state index contributed by atoms with van der Waals surface area (Å²) in [4.78, 5) is 15.9. The highest BCUT2D eigenvalue weighted by Crippen LogP contribution is 2.51. The Bertz CT molecular complexity index is 3630. The summed E-state index contributed by atoms with van der Waals surface area (Å²) in [6.07, 6.45) is 4.24. The normalized spacial score (nSPS) is 16.1. The third kappa shape index (κ3) is 5.03. The minimum Gasteiger partial charge on any atom is -0.485 e. The average Bonchev–Trinajstić information content (AvgIpc) is 3.98. The van der Waals surface area contributed by atoms with Gasteiger partial charge in [0, 0.05) is 43.8 Å². The average molecular weight is 758 g/mol. The molecule has 0 saturated carbocycles. The summed E-state index contributed by atoms with van der Waals surface area (Å²) < 4.78 is 19.5. The molecule has 59 heavy (non-hydrogen) atoms. The fourth-order valence-electron chi connectivity index (χ4n) is 9.27. The molecule has 2 unspecified atom stereocenters. The minimum atomic E-state index is -0.283. The number of allylic oxidation sites excluding steroid dienone is 2. The molecule has 0 bridgehead atoms. The first-order valence-corrected chi connectivity index (χ1v) is 19.9. The lowest BCUT2D eigenvalue weighted by atomic mass is 9.80. The molecule has 2 aliphatic rings. The van der Waals surface area contributed by atoms with Gasteiger partial charge in [-0.1, -0.05) is 109 Å². The first-order chi connectivity index (χ1) is 29.2. The third-order valence-electron chi connectivity index (χ3n) is 12.0. The molecule has 4 heterocycles. The van der Waals surface area contributed by atoms with Gasteiger partial charge >= 0.3 is 0 Å². The molecule has 6 nitrogen and oxygen atoms in total. The highest BCUT2D eigenvalue weighted by Gasteiger charge is 2.40. The monoisotopic (exact) mass is 757 g/mol. The molecule has 0 spiro atoms. The van der Waals surface area contributed by atoms with Crippen LogP contribution in [0, 0.1) is 0 Å². The zero-order valence-corrected chi connectivity index (χ0v) is 31.5. The Morgan fingerprint density at radius 3 is 1.98 bits per heavy atom. The van der Waals surface area contributed by atoms with Crippen molar-refractivity contribution in [2.45, 2.75) is 12.0 Å². The van der Waals surface area contributed by atoms with Gasteiger partial charge in [0.2, 0.25) is 0 Å². The van der Waals surface area contributed by atoms with Crippen molar-refractivity contribution >= 4 is 76.6 Å². The van der Waals surface area contributed by atoms with Crippen molar-refractivity contribution in [3.63, 3.8) is 0 Å². The number of hydrogen-bond donors (Lipinski definition) is 0. The molecule has 0 fully saturated rings. The van der Waals surface area contributed by atoms with Gasteiger partial charge in [-0.25, -0.2) is 15.0 Å². The topological polar surface area (TPSA) is 74.2 Å². The molecule has 0 amide bonds. The van der Waals surface area contributed by atoms with Gasteiger partial charge in [-0.05, 0) is 99.4 Å². The van der Waals surface area contributed by atoms with Gasteiger partial charge in [0.05, 0.1) is 5.92 Å². The van der Waals surface area contributed by atoms with E-state index in [1.54, 1.807) is 0 Å². The Labute approximate surface area is 337 Å². The van der Waals surface area contributed by atoms with Crippen molar-refractivity contribution in [1.29, 1.82) is 0 Å². The summed E-state index contributed by atoms with van der Waals surface area (Å²) in [5.74, 6) is 2.51. The third-order valence-corrected chi connectivity index (χ3v) is 12.0. The van der Waals surface area contributed by atoms with Crippen LogP contribution in [0.1, 0.15) is 22.9 Å². The lowest BCUT2D eigenvalue weighted by molar-refractivity contribution is 0.272. The molecular formula is C53H31N3O3. The van der Waals surface area contributed by atoms with E-state index < -0.39 is 0 Å². The molecular weight excluding hydrogens is 727 g/mol. The molecule has 8 aromatic carbocycles. The number of fused-ring (bicyclic) bond motifs is 11. The fourth-order valence-corrected chi connectivity index (χ4v) is 9.27. The van der Waals surface area contributed by atoms with E-state index >= 15 is 0 Å². The summed E-state index contributed by atoms with van der Waals surface area (Å²) >= 11 is 0. The van der Waals surface area contributed by atoms with Gasteiger partial charge in [-0.15, -0.1) is 0 Å². The van der Waals surface area contributed by atoms with Gasteiger partial charge in [0.1, 0.15) is 34.2 Å². The van der Waals surface area contributed by atoms with Crippen molar-refractivity contribution in [2.24, 2.45) is 0 Å². The SMILES string of the molecule is C1=C(c2cccc3oc4cc5ccccc5cc4c23)C=C(c2nc(-c3ccc4ccccc4c3)nc(-c3ccc4oc5ccccc5c4c3)n2)C2c3ccccc3OC12. The molecule has 1 aliphatic carbocycles. The predicted molar refractivity (Wildman–Crippen MR) is 236 cm³/mol. The molecule has 6 heteroatoms.